The number of nitrogens with one attached hydrogen (secondary N) is 1. The number of carbonyl (C=O) groups is 2. The van der Waals surface area contributed by atoms with E-state index in [1.165, 1.54) is 0 Å². The molecule has 1 aliphatic carbocycles. The Bertz CT molecular complexity index is 1240. The predicted octanol–water partition coefficient (Wildman–Crippen LogP) is 6.34. The largest absolute Gasteiger partial charge is 0.483 e. The van der Waals surface area contributed by atoms with Gasteiger partial charge in [-0.05, 0) is 79.6 Å². The van der Waals surface area contributed by atoms with Crippen LogP contribution in [0.3, 0.4) is 0 Å². The monoisotopic (exact) mass is 532 g/mol. The fourth-order valence-corrected chi connectivity index (χ4v) is 5.21. The number of hydrogen-bond acceptors (Lipinski definition) is 3. The molecule has 5 nitrogen and oxygen atoms in total. The van der Waals surface area contributed by atoms with Gasteiger partial charge in [0.25, 0.3) is 5.91 Å². The van der Waals surface area contributed by atoms with Crippen molar-refractivity contribution < 1.29 is 14.3 Å². The molecule has 1 atom stereocenters. The molecule has 3 aromatic rings. The van der Waals surface area contributed by atoms with Gasteiger partial charge in [-0.3, -0.25) is 9.59 Å². The van der Waals surface area contributed by atoms with Gasteiger partial charge in [0.1, 0.15) is 11.8 Å². The molecule has 3 aromatic carbocycles. The van der Waals surface area contributed by atoms with Crippen LogP contribution in [-0.2, 0) is 22.6 Å². The molecule has 6 heteroatoms. The van der Waals surface area contributed by atoms with Crippen LogP contribution in [0.2, 0.25) is 5.02 Å². The number of hydrogen-bond donors (Lipinski definition) is 1. The van der Waals surface area contributed by atoms with Gasteiger partial charge in [0.15, 0.2) is 6.61 Å². The molecule has 0 aliphatic heterocycles. The molecule has 2 amide bonds. The maximum atomic E-state index is 13.8. The van der Waals surface area contributed by atoms with Crippen molar-refractivity contribution in [1.29, 1.82) is 0 Å². The molecule has 1 saturated carbocycles. The predicted molar refractivity (Wildman–Crippen MR) is 152 cm³/mol. The zero-order valence-electron chi connectivity index (χ0n) is 22.5. The second-order valence-corrected chi connectivity index (χ2v) is 10.8. The van der Waals surface area contributed by atoms with E-state index in [0.29, 0.717) is 17.2 Å². The van der Waals surface area contributed by atoms with Gasteiger partial charge >= 0.3 is 0 Å². The summed E-state index contributed by atoms with van der Waals surface area (Å²) in [4.78, 5) is 29.2. The van der Waals surface area contributed by atoms with E-state index in [9.17, 15) is 9.59 Å². The summed E-state index contributed by atoms with van der Waals surface area (Å²) in [5.74, 6) is 0.337. The highest BCUT2D eigenvalue weighted by atomic mass is 35.5. The Kier molecular flexibility index (Phi) is 9.46. The average molecular weight is 533 g/mol. The highest BCUT2D eigenvalue weighted by Gasteiger charge is 2.32. The summed E-state index contributed by atoms with van der Waals surface area (Å²) >= 11 is 6.12. The summed E-state index contributed by atoms with van der Waals surface area (Å²) in [6, 6.07) is 20.8. The van der Waals surface area contributed by atoms with Crippen LogP contribution in [0.1, 0.15) is 53.5 Å². The van der Waals surface area contributed by atoms with E-state index in [1.807, 2.05) is 69.3 Å². The Morgan fingerprint density at radius 2 is 1.66 bits per heavy atom. The summed E-state index contributed by atoms with van der Waals surface area (Å²) in [6.45, 7) is 6.16. The van der Waals surface area contributed by atoms with Crippen LogP contribution in [0.15, 0.2) is 66.7 Å². The highest BCUT2D eigenvalue weighted by molar-refractivity contribution is 6.30. The molecule has 4 rings (SSSR count). The van der Waals surface area contributed by atoms with E-state index in [4.69, 9.17) is 16.3 Å². The molecule has 1 aliphatic rings. The topological polar surface area (TPSA) is 58.6 Å². The van der Waals surface area contributed by atoms with Gasteiger partial charge in [-0.1, -0.05) is 73.0 Å². The molecule has 0 saturated heterocycles. The molecule has 0 heterocycles. The first-order chi connectivity index (χ1) is 18.3. The number of rotatable bonds is 10. The van der Waals surface area contributed by atoms with Gasteiger partial charge in [0.2, 0.25) is 5.91 Å². The van der Waals surface area contributed by atoms with E-state index in [0.717, 1.165) is 53.5 Å². The third kappa shape index (κ3) is 7.38. The molecule has 38 heavy (non-hydrogen) atoms. The Morgan fingerprint density at radius 3 is 2.34 bits per heavy atom. The molecular weight excluding hydrogens is 496 g/mol. The smallest absolute Gasteiger partial charge is 0.261 e. The van der Waals surface area contributed by atoms with Crippen LogP contribution in [0, 0.1) is 20.8 Å². The van der Waals surface area contributed by atoms with E-state index >= 15 is 0 Å². The van der Waals surface area contributed by atoms with Crippen molar-refractivity contribution in [2.45, 2.75) is 71.5 Å². The van der Waals surface area contributed by atoms with E-state index in [2.05, 4.69) is 11.4 Å². The molecule has 0 aromatic heterocycles. The number of benzene rings is 3. The number of halogens is 1. The molecule has 0 unspecified atom stereocenters. The Hall–Kier alpha value is -3.31. The number of carbonyl (C=O) groups excluding carboxylic acids is 2. The maximum absolute atomic E-state index is 13.8. The summed E-state index contributed by atoms with van der Waals surface area (Å²) in [5, 5.41) is 3.86. The standard InChI is InChI=1S/C32H37ClN2O3/c1-22-17-23(2)24(3)30(18-22)38-21-31(36)35(20-26-13-15-27(33)16-14-26)29(19-25-9-5-4-6-10-25)32(37)34-28-11-7-8-12-28/h4-6,9-10,13-18,28-29H,7-8,11-12,19-21H2,1-3H3,(H,34,37)/t29-/m1/s1. The highest BCUT2D eigenvalue weighted by Crippen LogP contribution is 2.24. The fraction of sp³-hybridized carbons (Fsp3) is 0.375. The number of amides is 2. The minimum absolute atomic E-state index is 0.120. The maximum Gasteiger partial charge on any atom is 0.261 e. The van der Waals surface area contributed by atoms with Crippen molar-refractivity contribution >= 4 is 23.4 Å². The van der Waals surface area contributed by atoms with Crippen molar-refractivity contribution in [1.82, 2.24) is 10.2 Å². The van der Waals surface area contributed by atoms with Crippen LogP contribution in [0.25, 0.3) is 0 Å². The van der Waals surface area contributed by atoms with Crippen molar-refractivity contribution in [3.8, 4) is 5.75 Å². The van der Waals surface area contributed by atoms with Crippen LogP contribution in [0.5, 0.6) is 5.75 Å². The van der Waals surface area contributed by atoms with Gasteiger partial charge < -0.3 is 15.0 Å². The van der Waals surface area contributed by atoms with Crippen LogP contribution < -0.4 is 10.1 Å². The van der Waals surface area contributed by atoms with Crippen molar-refractivity contribution in [2.75, 3.05) is 6.61 Å². The number of aryl methyl sites for hydroxylation is 2. The molecular formula is C32H37ClN2O3. The molecule has 200 valence electrons. The van der Waals surface area contributed by atoms with E-state index in [1.54, 1.807) is 17.0 Å². The lowest BCUT2D eigenvalue weighted by Gasteiger charge is -2.32. The fourth-order valence-electron chi connectivity index (χ4n) is 5.08. The first-order valence-electron chi connectivity index (χ1n) is 13.4. The lowest BCUT2D eigenvalue weighted by molar-refractivity contribution is -0.143. The van der Waals surface area contributed by atoms with Crippen molar-refractivity contribution in [3.63, 3.8) is 0 Å². The van der Waals surface area contributed by atoms with Crippen molar-refractivity contribution in [3.05, 3.63) is 99.6 Å². The Morgan fingerprint density at radius 1 is 0.974 bits per heavy atom. The lowest BCUT2D eigenvalue weighted by atomic mass is 10.0. The molecule has 0 radical (unpaired) electrons. The minimum Gasteiger partial charge on any atom is -0.483 e. The third-order valence-electron chi connectivity index (χ3n) is 7.35. The zero-order chi connectivity index (χ0) is 27.1. The first kappa shape index (κ1) is 27.7. The van der Waals surface area contributed by atoms with Gasteiger partial charge in [0.05, 0.1) is 0 Å². The van der Waals surface area contributed by atoms with Crippen LogP contribution >= 0.6 is 11.6 Å². The average Bonchev–Trinajstić information content (AvgIpc) is 3.42. The number of nitrogens with zero attached hydrogens (tertiary/aromatic N) is 1. The quantitative estimate of drug-likeness (QED) is 0.331. The van der Waals surface area contributed by atoms with Gasteiger partial charge in [-0.25, -0.2) is 0 Å². The first-order valence-corrected chi connectivity index (χ1v) is 13.8. The molecule has 1 fully saturated rings. The minimum atomic E-state index is -0.676. The third-order valence-corrected chi connectivity index (χ3v) is 7.61. The molecule has 0 spiro atoms. The molecule has 0 bridgehead atoms. The van der Waals surface area contributed by atoms with Crippen molar-refractivity contribution in [2.24, 2.45) is 0 Å². The van der Waals surface area contributed by atoms with Crippen LogP contribution in [0.4, 0.5) is 0 Å². The normalized spacial score (nSPS) is 14.2. The SMILES string of the molecule is Cc1cc(C)c(C)c(OCC(=O)N(Cc2ccc(Cl)cc2)[C@H](Cc2ccccc2)C(=O)NC2CCCC2)c1. The van der Waals surface area contributed by atoms with E-state index < -0.39 is 6.04 Å². The number of ether oxygens (including phenoxy) is 1. The van der Waals surface area contributed by atoms with Crippen LogP contribution in [-0.4, -0.2) is 35.4 Å². The zero-order valence-corrected chi connectivity index (χ0v) is 23.3. The summed E-state index contributed by atoms with van der Waals surface area (Å²) < 4.78 is 6.07. The van der Waals surface area contributed by atoms with Gasteiger partial charge in [-0.2, -0.15) is 0 Å². The Balaban J connectivity index is 1.63. The summed E-state index contributed by atoms with van der Waals surface area (Å²) in [5.41, 5.74) is 5.10. The molecule has 1 N–H and O–H groups in total. The van der Waals surface area contributed by atoms with E-state index in [-0.39, 0.29) is 31.0 Å². The summed E-state index contributed by atoms with van der Waals surface area (Å²) in [6.07, 6.45) is 4.60. The van der Waals surface area contributed by atoms with Gasteiger partial charge in [0, 0.05) is 24.0 Å². The summed E-state index contributed by atoms with van der Waals surface area (Å²) in [7, 11) is 0. The second-order valence-electron chi connectivity index (χ2n) is 10.3. The second kappa shape index (κ2) is 13.0. The van der Waals surface area contributed by atoms with Gasteiger partial charge in [-0.15, -0.1) is 0 Å². The lowest BCUT2D eigenvalue weighted by Crippen LogP contribution is -2.53. The Labute approximate surface area is 231 Å².